The maximum atomic E-state index is 14.6. The molecule has 0 spiro atoms. The van der Waals surface area contributed by atoms with E-state index >= 15 is 0 Å². The van der Waals surface area contributed by atoms with Crippen LogP contribution in [0.3, 0.4) is 0 Å². The quantitative estimate of drug-likeness (QED) is 0.245. The number of fused-ring (bicyclic) bond motifs is 3. The summed E-state index contributed by atoms with van der Waals surface area (Å²) in [7, 11) is 1.73. The third-order valence-corrected chi connectivity index (χ3v) is 11.5. The van der Waals surface area contributed by atoms with Crippen molar-refractivity contribution in [3.63, 3.8) is 0 Å². The van der Waals surface area contributed by atoms with E-state index in [1.165, 1.54) is 11.1 Å². The molecule has 4 fully saturated rings. The number of hydrogen-bond acceptors (Lipinski definition) is 6. The number of alkyl carbamates (subject to hydrolysis) is 1. The number of ether oxygens (including phenoxy) is 2. The van der Waals surface area contributed by atoms with Crippen LogP contribution >= 0.6 is 0 Å². The minimum absolute atomic E-state index is 0.0105. The lowest BCUT2D eigenvalue weighted by Gasteiger charge is -2.55. The van der Waals surface area contributed by atoms with Gasteiger partial charge >= 0.3 is 6.09 Å². The van der Waals surface area contributed by atoms with E-state index < -0.39 is 5.60 Å². The lowest BCUT2D eigenvalue weighted by atomic mass is 9.51. The van der Waals surface area contributed by atoms with Crippen molar-refractivity contribution in [2.45, 2.75) is 129 Å². The van der Waals surface area contributed by atoms with Crippen molar-refractivity contribution in [3.8, 4) is 16.9 Å². The van der Waals surface area contributed by atoms with E-state index in [1.54, 1.807) is 7.11 Å². The highest BCUT2D eigenvalue weighted by Crippen LogP contribution is 2.58. The molecule has 2 amide bonds. The number of hydrogen-bond donors (Lipinski definition) is 1. The van der Waals surface area contributed by atoms with E-state index in [2.05, 4.69) is 61.6 Å². The van der Waals surface area contributed by atoms with Crippen LogP contribution in [-0.4, -0.2) is 52.1 Å². The van der Waals surface area contributed by atoms with E-state index in [1.807, 2.05) is 48.8 Å². The number of amides is 2. The first kappa shape index (κ1) is 35.0. The molecule has 0 unspecified atom stereocenters. The van der Waals surface area contributed by atoms with Crippen molar-refractivity contribution < 1.29 is 19.1 Å². The molecular weight excluding hydrogens is 614 g/mol. The molecule has 2 bridgehead atoms. The van der Waals surface area contributed by atoms with Gasteiger partial charge in [0, 0.05) is 42.5 Å². The van der Waals surface area contributed by atoms with Gasteiger partial charge in [0.2, 0.25) is 5.91 Å². The molecule has 7 rings (SSSR count). The number of aryl methyl sites for hydroxylation is 1. The number of pyridine rings is 1. The summed E-state index contributed by atoms with van der Waals surface area (Å²) < 4.78 is 13.0. The molecule has 0 aliphatic heterocycles. The van der Waals surface area contributed by atoms with Gasteiger partial charge in [0.1, 0.15) is 17.2 Å². The number of nitrogens with zero attached hydrogens (tertiary/aromatic N) is 4. The highest BCUT2D eigenvalue weighted by atomic mass is 16.6. The number of methoxy groups -OCH3 is 1. The maximum absolute atomic E-state index is 14.6. The van der Waals surface area contributed by atoms with Gasteiger partial charge in [-0.25, -0.2) is 9.78 Å². The van der Waals surface area contributed by atoms with Crippen LogP contribution in [0.15, 0.2) is 48.9 Å². The molecule has 9 heteroatoms. The van der Waals surface area contributed by atoms with Crippen LogP contribution in [0.4, 0.5) is 10.6 Å². The summed E-state index contributed by atoms with van der Waals surface area (Å²) in [6.45, 7) is 12.7. The van der Waals surface area contributed by atoms with Gasteiger partial charge in [-0.15, -0.1) is 0 Å². The fourth-order valence-electron chi connectivity index (χ4n) is 8.44. The zero-order chi connectivity index (χ0) is 35.0. The fourth-order valence-corrected chi connectivity index (χ4v) is 8.44. The van der Waals surface area contributed by atoms with Gasteiger partial charge in [0.15, 0.2) is 0 Å². The van der Waals surface area contributed by atoms with Gasteiger partial charge in [-0.05, 0) is 151 Å². The Kier molecular flexibility index (Phi) is 9.84. The van der Waals surface area contributed by atoms with Crippen LogP contribution in [0, 0.1) is 18.3 Å². The standard InChI is InChI=1S/C40H55N5O4/c1-27(2)45-25-31(24-42-45)30-14-21-41-35(23-30)44(36(46)29-8-11-33(12-9-29)43-37(47)49-38(4,5)6)26-39-15-18-40(19-16-39,20-17-39)32-10-13-34(48-7)28(3)22-32/h10,13-14,21-25,27,29,33H,8-9,11-12,15-20,26H2,1-7H3,(H,43,47). The van der Waals surface area contributed by atoms with Crippen molar-refractivity contribution in [2.24, 2.45) is 11.3 Å². The molecule has 4 aliphatic carbocycles. The molecule has 0 radical (unpaired) electrons. The SMILES string of the molecule is COc1ccc(C23CCC(CN(C(=O)C4CCC(NC(=O)OC(C)(C)C)CC4)c4cc(-c5cnn(C(C)C)c5)ccn4)(CC2)CC3)cc1C. The summed E-state index contributed by atoms with van der Waals surface area (Å²) in [5, 5.41) is 7.59. The summed E-state index contributed by atoms with van der Waals surface area (Å²) in [6.07, 6.45) is 15.0. The number of benzene rings is 1. The number of aromatic nitrogens is 3. The first-order chi connectivity index (χ1) is 23.3. The van der Waals surface area contributed by atoms with E-state index in [-0.39, 0.29) is 40.8 Å². The highest BCUT2D eigenvalue weighted by molar-refractivity contribution is 5.95. The lowest BCUT2D eigenvalue weighted by molar-refractivity contribution is -0.124. The molecule has 4 aliphatic rings. The molecule has 0 atom stereocenters. The molecule has 1 N–H and O–H groups in total. The molecule has 49 heavy (non-hydrogen) atoms. The molecule has 9 nitrogen and oxygen atoms in total. The van der Waals surface area contributed by atoms with Crippen LogP contribution in [0.25, 0.3) is 11.1 Å². The van der Waals surface area contributed by atoms with Crippen molar-refractivity contribution in [1.29, 1.82) is 0 Å². The lowest BCUT2D eigenvalue weighted by Crippen LogP contribution is -2.52. The van der Waals surface area contributed by atoms with Gasteiger partial charge < -0.3 is 14.8 Å². The minimum atomic E-state index is -0.544. The molecule has 3 aromatic rings. The zero-order valence-corrected chi connectivity index (χ0v) is 30.6. The van der Waals surface area contributed by atoms with E-state index in [0.717, 1.165) is 86.9 Å². The number of carbonyl (C=O) groups excluding carboxylic acids is 2. The van der Waals surface area contributed by atoms with Gasteiger partial charge in [-0.2, -0.15) is 5.10 Å². The normalized spacial score (nSPS) is 25.2. The number of rotatable bonds is 9. The Morgan fingerprint density at radius 3 is 2.29 bits per heavy atom. The van der Waals surface area contributed by atoms with Gasteiger partial charge in [-0.3, -0.25) is 14.4 Å². The summed E-state index contributed by atoms with van der Waals surface area (Å²) in [5.74, 6) is 1.70. The topological polar surface area (TPSA) is 98.6 Å². The Labute approximate surface area is 292 Å². The molecule has 2 aromatic heterocycles. The second kappa shape index (κ2) is 13.8. The van der Waals surface area contributed by atoms with Crippen LogP contribution in [-0.2, 0) is 14.9 Å². The minimum Gasteiger partial charge on any atom is -0.496 e. The third kappa shape index (κ3) is 7.65. The molecule has 2 heterocycles. The largest absolute Gasteiger partial charge is 0.496 e. The van der Waals surface area contributed by atoms with Gasteiger partial charge in [-0.1, -0.05) is 12.1 Å². The van der Waals surface area contributed by atoms with Gasteiger partial charge in [0.05, 0.1) is 13.3 Å². The van der Waals surface area contributed by atoms with E-state index in [0.29, 0.717) is 6.54 Å². The summed E-state index contributed by atoms with van der Waals surface area (Å²) in [5.41, 5.74) is 4.37. The molecule has 264 valence electrons. The highest BCUT2D eigenvalue weighted by Gasteiger charge is 2.51. The average Bonchev–Trinajstić information content (AvgIpc) is 3.59. The zero-order valence-electron chi connectivity index (χ0n) is 30.6. The van der Waals surface area contributed by atoms with Crippen LogP contribution in [0.5, 0.6) is 5.75 Å². The Morgan fingerprint density at radius 1 is 1.00 bits per heavy atom. The molecular formula is C40H55N5O4. The molecule has 4 saturated carbocycles. The molecule has 0 saturated heterocycles. The maximum Gasteiger partial charge on any atom is 0.407 e. The predicted molar refractivity (Wildman–Crippen MR) is 193 cm³/mol. The second-order valence-corrected chi connectivity index (χ2v) is 16.3. The summed E-state index contributed by atoms with van der Waals surface area (Å²) in [4.78, 5) is 33.9. The number of anilines is 1. The summed E-state index contributed by atoms with van der Waals surface area (Å²) in [6, 6.07) is 11.1. The van der Waals surface area contributed by atoms with E-state index in [4.69, 9.17) is 14.5 Å². The fraction of sp³-hybridized carbons (Fsp3) is 0.600. The first-order valence-electron chi connectivity index (χ1n) is 18.3. The Hall–Kier alpha value is -3.88. The van der Waals surface area contributed by atoms with Crippen molar-refractivity contribution in [3.05, 3.63) is 60.0 Å². The van der Waals surface area contributed by atoms with Crippen LogP contribution < -0.4 is 15.0 Å². The molecule has 1 aromatic carbocycles. The van der Waals surface area contributed by atoms with Gasteiger partial charge in [0.25, 0.3) is 0 Å². The van der Waals surface area contributed by atoms with Crippen molar-refractivity contribution in [2.75, 3.05) is 18.6 Å². The van der Waals surface area contributed by atoms with Crippen molar-refractivity contribution >= 4 is 17.8 Å². The number of nitrogens with one attached hydrogen (secondary N) is 1. The van der Waals surface area contributed by atoms with E-state index in [9.17, 15) is 9.59 Å². The number of carbonyl (C=O) groups is 2. The van der Waals surface area contributed by atoms with Crippen molar-refractivity contribution in [1.82, 2.24) is 20.1 Å². The Balaban J connectivity index is 1.22. The predicted octanol–water partition coefficient (Wildman–Crippen LogP) is 8.55. The summed E-state index contributed by atoms with van der Waals surface area (Å²) >= 11 is 0. The Morgan fingerprint density at radius 2 is 1.69 bits per heavy atom. The average molecular weight is 670 g/mol. The third-order valence-electron chi connectivity index (χ3n) is 11.5. The second-order valence-electron chi connectivity index (χ2n) is 16.3. The monoisotopic (exact) mass is 669 g/mol. The first-order valence-corrected chi connectivity index (χ1v) is 18.3. The Bertz CT molecular complexity index is 1620. The van der Waals surface area contributed by atoms with Crippen LogP contribution in [0.2, 0.25) is 0 Å². The smallest absolute Gasteiger partial charge is 0.407 e. The van der Waals surface area contributed by atoms with Crippen LogP contribution in [0.1, 0.15) is 116 Å².